The standard InChI is InChI=1S/C15H7Br2FO2/c16-9-2-4-13-8(5-9)6-14(20-13)15(19)11-7-10(17)1-3-12(11)18/h1-7H. The van der Waals surface area contributed by atoms with E-state index in [9.17, 15) is 9.18 Å². The number of hydrogen-bond acceptors (Lipinski definition) is 2. The zero-order chi connectivity index (χ0) is 14.3. The van der Waals surface area contributed by atoms with E-state index in [4.69, 9.17) is 4.42 Å². The first-order chi connectivity index (χ1) is 9.54. The summed E-state index contributed by atoms with van der Waals surface area (Å²) < 4.78 is 20.7. The van der Waals surface area contributed by atoms with Crippen molar-refractivity contribution in [3.05, 3.63) is 68.6 Å². The normalized spacial score (nSPS) is 10.9. The van der Waals surface area contributed by atoms with E-state index in [0.29, 0.717) is 10.1 Å². The van der Waals surface area contributed by atoms with Crippen molar-refractivity contribution in [1.29, 1.82) is 0 Å². The van der Waals surface area contributed by atoms with Crippen LogP contribution in [0.1, 0.15) is 16.1 Å². The zero-order valence-electron chi connectivity index (χ0n) is 9.99. The lowest BCUT2D eigenvalue weighted by atomic mass is 10.1. The van der Waals surface area contributed by atoms with E-state index in [0.717, 1.165) is 9.86 Å². The van der Waals surface area contributed by atoms with E-state index >= 15 is 0 Å². The van der Waals surface area contributed by atoms with Crippen LogP contribution in [0.2, 0.25) is 0 Å². The number of carbonyl (C=O) groups excluding carboxylic acids is 1. The van der Waals surface area contributed by atoms with Crippen molar-refractivity contribution in [2.24, 2.45) is 0 Å². The molecular weight excluding hydrogens is 391 g/mol. The molecule has 0 spiro atoms. The quantitative estimate of drug-likeness (QED) is 0.547. The van der Waals surface area contributed by atoms with Crippen molar-refractivity contribution >= 4 is 48.6 Å². The summed E-state index contributed by atoms with van der Waals surface area (Å²) in [6, 6.07) is 11.3. The number of ketones is 1. The highest BCUT2D eigenvalue weighted by Gasteiger charge is 2.18. The van der Waals surface area contributed by atoms with Crippen LogP contribution in [-0.4, -0.2) is 5.78 Å². The molecule has 1 heterocycles. The molecule has 0 saturated carbocycles. The zero-order valence-corrected chi connectivity index (χ0v) is 13.2. The Morgan fingerprint density at radius 1 is 1.00 bits per heavy atom. The summed E-state index contributed by atoms with van der Waals surface area (Å²) in [4.78, 5) is 12.3. The molecule has 0 N–H and O–H groups in total. The molecular formula is C15H7Br2FO2. The maximum atomic E-state index is 13.7. The van der Waals surface area contributed by atoms with Gasteiger partial charge in [0.2, 0.25) is 5.78 Å². The number of carbonyl (C=O) groups is 1. The second-order valence-corrected chi connectivity index (χ2v) is 6.08. The average Bonchev–Trinajstić information content (AvgIpc) is 2.83. The molecule has 3 aromatic rings. The first-order valence-corrected chi connectivity index (χ1v) is 7.32. The molecule has 0 fully saturated rings. The molecule has 0 unspecified atom stereocenters. The van der Waals surface area contributed by atoms with Crippen molar-refractivity contribution in [2.75, 3.05) is 0 Å². The van der Waals surface area contributed by atoms with E-state index < -0.39 is 11.6 Å². The Bertz CT molecular complexity index is 824. The van der Waals surface area contributed by atoms with Gasteiger partial charge in [-0.15, -0.1) is 0 Å². The molecule has 0 saturated heterocycles. The maximum Gasteiger partial charge on any atom is 0.231 e. The van der Waals surface area contributed by atoms with Crippen molar-refractivity contribution in [1.82, 2.24) is 0 Å². The fraction of sp³-hybridized carbons (Fsp3) is 0. The van der Waals surface area contributed by atoms with Gasteiger partial charge in [-0.2, -0.15) is 0 Å². The maximum absolute atomic E-state index is 13.7. The van der Waals surface area contributed by atoms with Gasteiger partial charge in [-0.05, 0) is 42.5 Å². The molecule has 0 aliphatic rings. The molecule has 20 heavy (non-hydrogen) atoms. The Morgan fingerprint density at radius 3 is 2.50 bits per heavy atom. The van der Waals surface area contributed by atoms with Crippen LogP contribution in [0.25, 0.3) is 11.0 Å². The molecule has 0 aliphatic carbocycles. The third kappa shape index (κ3) is 2.43. The number of hydrogen-bond donors (Lipinski definition) is 0. The van der Waals surface area contributed by atoms with Gasteiger partial charge in [-0.25, -0.2) is 4.39 Å². The molecule has 0 bridgehead atoms. The summed E-state index contributed by atoms with van der Waals surface area (Å²) >= 11 is 6.58. The van der Waals surface area contributed by atoms with Crippen LogP contribution in [0.5, 0.6) is 0 Å². The van der Waals surface area contributed by atoms with E-state index in [1.165, 1.54) is 12.1 Å². The number of halogens is 3. The smallest absolute Gasteiger partial charge is 0.231 e. The van der Waals surface area contributed by atoms with Crippen molar-refractivity contribution in [3.63, 3.8) is 0 Å². The highest BCUT2D eigenvalue weighted by Crippen LogP contribution is 2.26. The van der Waals surface area contributed by atoms with Gasteiger partial charge in [0.05, 0.1) is 5.56 Å². The Kier molecular flexibility index (Phi) is 3.48. The molecule has 5 heteroatoms. The Labute approximate surface area is 130 Å². The molecule has 1 aromatic heterocycles. The second-order valence-electron chi connectivity index (χ2n) is 4.25. The lowest BCUT2D eigenvalue weighted by Crippen LogP contribution is -2.02. The molecule has 3 rings (SSSR count). The molecule has 2 nitrogen and oxygen atoms in total. The van der Waals surface area contributed by atoms with E-state index in [2.05, 4.69) is 31.9 Å². The van der Waals surface area contributed by atoms with Gasteiger partial charge >= 0.3 is 0 Å². The second kappa shape index (κ2) is 5.14. The van der Waals surface area contributed by atoms with Crippen molar-refractivity contribution < 1.29 is 13.6 Å². The molecule has 2 aromatic carbocycles. The first kappa shape index (κ1) is 13.5. The lowest BCUT2D eigenvalue weighted by molar-refractivity contribution is 0.101. The minimum Gasteiger partial charge on any atom is -0.453 e. The molecule has 0 radical (unpaired) electrons. The van der Waals surface area contributed by atoms with E-state index in [1.807, 2.05) is 12.1 Å². The topological polar surface area (TPSA) is 30.2 Å². The van der Waals surface area contributed by atoms with E-state index in [1.54, 1.807) is 18.2 Å². The van der Waals surface area contributed by atoms with Crippen LogP contribution in [0.3, 0.4) is 0 Å². The number of rotatable bonds is 2. The average molecular weight is 398 g/mol. The van der Waals surface area contributed by atoms with Gasteiger partial charge in [-0.1, -0.05) is 31.9 Å². The van der Waals surface area contributed by atoms with Gasteiger partial charge < -0.3 is 4.42 Å². The molecule has 0 atom stereocenters. The largest absolute Gasteiger partial charge is 0.453 e. The van der Waals surface area contributed by atoms with Crippen LogP contribution in [0, 0.1) is 5.82 Å². The Balaban J connectivity index is 2.10. The Hall–Kier alpha value is -1.46. The predicted molar refractivity (Wildman–Crippen MR) is 81.4 cm³/mol. The van der Waals surface area contributed by atoms with Crippen LogP contribution in [0.4, 0.5) is 4.39 Å². The minimum absolute atomic E-state index is 0.0162. The van der Waals surface area contributed by atoms with Crippen LogP contribution < -0.4 is 0 Å². The van der Waals surface area contributed by atoms with Gasteiger partial charge in [0.1, 0.15) is 11.4 Å². The first-order valence-electron chi connectivity index (χ1n) is 5.73. The lowest BCUT2D eigenvalue weighted by Gasteiger charge is -2.00. The third-order valence-corrected chi connectivity index (χ3v) is 3.86. The van der Waals surface area contributed by atoms with Gasteiger partial charge in [0.25, 0.3) is 0 Å². The summed E-state index contributed by atoms with van der Waals surface area (Å²) in [5, 5.41) is 0.790. The Morgan fingerprint density at radius 2 is 1.70 bits per heavy atom. The number of furan rings is 1. The van der Waals surface area contributed by atoms with E-state index in [-0.39, 0.29) is 11.3 Å². The van der Waals surface area contributed by atoms with Crippen LogP contribution >= 0.6 is 31.9 Å². The summed E-state index contributed by atoms with van der Waals surface area (Å²) in [6.45, 7) is 0. The summed E-state index contributed by atoms with van der Waals surface area (Å²) in [7, 11) is 0. The highest BCUT2D eigenvalue weighted by molar-refractivity contribution is 9.10. The third-order valence-electron chi connectivity index (χ3n) is 2.88. The highest BCUT2D eigenvalue weighted by atomic mass is 79.9. The van der Waals surface area contributed by atoms with Gasteiger partial charge in [0, 0.05) is 14.3 Å². The van der Waals surface area contributed by atoms with Gasteiger partial charge in [0.15, 0.2) is 5.76 Å². The van der Waals surface area contributed by atoms with Gasteiger partial charge in [-0.3, -0.25) is 4.79 Å². The summed E-state index contributed by atoms with van der Waals surface area (Å²) in [6.07, 6.45) is 0. The number of fused-ring (bicyclic) bond motifs is 1. The molecule has 100 valence electrons. The number of benzene rings is 2. The SMILES string of the molecule is O=C(c1cc2cc(Br)ccc2o1)c1cc(Br)ccc1F. The fourth-order valence-corrected chi connectivity index (χ4v) is 2.67. The summed E-state index contributed by atoms with van der Waals surface area (Å²) in [5.74, 6) is -0.925. The van der Waals surface area contributed by atoms with Crippen LogP contribution in [0.15, 0.2) is 55.8 Å². The molecule has 0 aliphatic heterocycles. The van der Waals surface area contributed by atoms with Crippen LogP contribution in [-0.2, 0) is 0 Å². The minimum atomic E-state index is -0.570. The summed E-state index contributed by atoms with van der Waals surface area (Å²) in [5.41, 5.74) is 0.574. The van der Waals surface area contributed by atoms with Crippen molar-refractivity contribution in [2.45, 2.75) is 0 Å². The molecule has 0 amide bonds. The monoisotopic (exact) mass is 396 g/mol. The van der Waals surface area contributed by atoms with Crippen molar-refractivity contribution in [3.8, 4) is 0 Å². The predicted octanol–water partition coefficient (Wildman–Crippen LogP) is 5.33. The fourth-order valence-electron chi connectivity index (χ4n) is 1.93.